The van der Waals surface area contributed by atoms with Gasteiger partial charge in [0.1, 0.15) is 5.92 Å². The minimum absolute atomic E-state index is 0.0551. The topological polar surface area (TPSA) is 102 Å². The maximum Gasteiger partial charge on any atom is 0.251 e. The Morgan fingerprint density at radius 1 is 0.750 bits per heavy atom. The number of anilines is 2. The van der Waals surface area contributed by atoms with Crippen LogP contribution in [0.4, 0.5) is 11.4 Å². The first-order chi connectivity index (χ1) is 15.6. The molecule has 2 rings (SSSR count). The Bertz CT molecular complexity index is 731. The lowest BCUT2D eigenvalue weighted by molar-refractivity contribution is -0.136. The molecule has 0 aliphatic heterocycles. The van der Waals surface area contributed by atoms with Crippen molar-refractivity contribution in [2.45, 2.75) is 64.4 Å². The van der Waals surface area contributed by atoms with Gasteiger partial charge in [-0.05, 0) is 37.1 Å². The molecule has 7 nitrogen and oxygen atoms in total. The van der Waals surface area contributed by atoms with E-state index in [1.54, 1.807) is 24.3 Å². The minimum atomic E-state index is -1.04. The van der Waals surface area contributed by atoms with Crippen LogP contribution in [0, 0.1) is 5.92 Å². The van der Waals surface area contributed by atoms with Crippen molar-refractivity contribution in [2.75, 3.05) is 10.9 Å². The summed E-state index contributed by atoms with van der Waals surface area (Å²) in [6.45, 7) is 2.18. The standard InChI is InChI=1S/C25H36N4O3/c1-2-3-4-5-6-13-18-22(30)19-23(24(31)28-26-20-14-9-7-10-15-20)25(32)29-27-21-16-11-8-12-17-21/h7-12,14-17,22-23,26-27,30H,2-6,13,18-19H2,1H3,(H,28,31)(H,29,32). The highest BCUT2D eigenvalue weighted by atomic mass is 16.3. The molecular formula is C25H36N4O3. The van der Waals surface area contributed by atoms with Gasteiger partial charge in [0.2, 0.25) is 0 Å². The summed E-state index contributed by atoms with van der Waals surface area (Å²) in [5, 5.41) is 10.5. The van der Waals surface area contributed by atoms with Crippen LogP contribution in [0.2, 0.25) is 0 Å². The lowest BCUT2D eigenvalue weighted by Crippen LogP contribution is -2.46. The Balaban J connectivity index is 1.89. The van der Waals surface area contributed by atoms with Crippen LogP contribution in [0.15, 0.2) is 60.7 Å². The second kappa shape index (κ2) is 14.9. The third kappa shape index (κ3) is 9.83. The Kier molecular flexibility index (Phi) is 11.7. The fourth-order valence-corrected chi connectivity index (χ4v) is 3.37. The molecule has 2 aromatic rings. The highest BCUT2D eigenvalue weighted by Crippen LogP contribution is 2.16. The van der Waals surface area contributed by atoms with Crippen LogP contribution in [-0.4, -0.2) is 23.0 Å². The Morgan fingerprint density at radius 3 is 1.72 bits per heavy atom. The first kappa shape index (κ1) is 25.2. The third-order valence-electron chi connectivity index (χ3n) is 5.24. The summed E-state index contributed by atoms with van der Waals surface area (Å²) in [5.74, 6) is -2.04. The zero-order valence-corrected chi connectivity index (χ0v) is 18.8. The number of hydrogen-bond donors (Lipinski definition) is 5. The lowest BCUT2D eigenvalue weighted by Gasteiger charge is -2.20. The van der Waals surface area contributed by atoms with Crippen molar-refractivity contribution in [3.63, 3.8) is 0 Å². The van der Waals surface area contributed by atoms with E-state index in [-0.39, 0.29) is 6.42 Å². The highest BCUT2D eigenvalue weighted by Gasteiger charge is 2.29. The second-order valence-electron chi connectivity index (χ2n) is 7.96. The number of carbonyl (C=O) groups is 2. The van der Waals surface area contributed by atoms with Crippen LogP contribution in [-0.2, 0) is 9.59 Å². The summed E-state index contributed by atoms with van der Waals surface area (Å²) in [5.41, 5.74) is 12.2. The van der Waals surface area contributed by atoms with Gasteiger partial charge in [0, 0.05) is 0 Å². The van der Waals surface area contributed by atoms with Gasteiger partial charge in [-0.3, -0.25) is 31.3 Å². The Morgan fingerprint density at radius 2 is 1.22 bits per heavy atom. The molecule has 0 heterocycles. The monoisotopic (exact) mass is 440 g/mol. The Labute approximate surface area is 190 Å². The number of hydrazine groups is 2. The smallest absolute Gasteiger partial charge is 0.251 e. The molecule has 0 aliphatic rings. The van der Waals surface area contributed by atoms with E-state index in [4.69, 9.17) is 0 Å². The number of aliphatic hydroxyl groups excluding tert-OH is 1. The van der Waals surface area contributed by atoms with Crippen molar-refractivity contribution >= 4 is 23.2 Å². The maximum atomic E-state index is 12.8. The van der Waals surface area contributed by atoms with E-state index < -0.39 is 23.8 Å². The maximum absolute atomic E-state index is 12.8. The van der Waals surface area contributed by atoms with E-state index in [2.05, 4.69) is 28.6 Å². The van der Waals surface area contributed by atoms with Crippen molar-refractivity contribution in [1.29, 1.82) is 0 Å². The fraction of sp³-hybridized carbons (Fsp3) is 0.440. The zero-order valence-electron chi connectivity index (χ0n) is 18.8. The first-order valence-corrected chi connectivity index (χ1v) is 11.5. The number of rotatable bonds is 15. The molecule has 1 atom stereocenters. The summed E-state index contributed by atoms with van der Waals surface area (Å²) in [6.07, 6.45) is 6.60. The van der Waals surface area contributed by atoms with Crippen molar-refractivity contribution in [3.8, 4) is 0 Å². The third-order valence-corrected chi connectivity index (χ3v) is 5.24. The van der Waals surface area contributed by atoms with E-state index in [0.717, 1.165) is 19.3 Å². The quantitative estimate of drug-likeness (QED) is 0.161. The van der Waals surface area contributed by atoms with E-state index in [9.17, 15) is 14.7 Å². The van der Waals surface area contributed by atoms with Crippen molar-refractivity contribution in [1.82, 2.24) is 10.9 Å². The van der Waals surface area contributed by atoms with Gasteiger partial charge in [-0.15, -0.1) is 0 Å². The predicted octanol–water partition coefficient (Wildman–Crippen LogP) is 4.39. The van der Waals surface area contributed by atoms with Crippen molar-refractivity contribution in [2.24, 2.45) is 5.92 Å². The summed E-state index contributed by atoms with van der Waals surface area (Å²) in [6, 6.07) is 18.3. The molecule has 0 aromatic heterocycles. The summed E-state index contributed by atoms with van der Waals surface area (Å²) < 4.78 is 0. The van der Waals surface area contributed by atoms with Crippen molar-refractivity contribution in [3.05, 3.63) is 60.7 Å². The van der Waals surface area contributed by atoms with Gasteiger partial charge in [-0.1, -0.05) is 81.8 Å². The molecule has 0 radical (unpaired) electrons. The molecule has 0 fully saturated rings. The largest absolute Gasteiger partial charge is 0.393 e. The normalized spacial score (nSPS) is 11.6. The fourth-order valence-electron chi connectivity index (χ4n) is 3.37. The van der Waals surface area contributed by atoms with Gasteiger partial charge < -0.3 is 5.11 Å². The number of nitrogens with one attached hydrogen (secondary N) is 4. The average Bonchev–Trinajstić information content (AvgIpc) is 2.83. The van der Waals surface area contributed by atoms with Gasteiger partial charge in [0.05, 0.1) is 17.5 Å². The number of aliphatic hydroxyl groups is 1. The van der Waals surface area contributed by atoms with E-state index in [0.29, 0.717) is 17.8 Å². The van der Waals surface area contributed by atoms with E-state index in [1.165, 1.54) is 19.3 Å². The molecule has 0 aliphatic carbocycles. The summed E-state index contributed by atoms with van der Waals surface area (Å²) in [7, 11) is 0. The van der Waals surface area contributed by atoms with Gasteiger partial charge in [-0.2, -0.15) is 0 Å². The summed E-state index contributed by atoms with van der Waals surface area (Å²) in [4.78, 5) is 25.6. The second-order valence-corrected chi connectivity index (χ2v) is 7.96. The number of amides is 2. The van der Waals surface area contributed by atoms with Crippen molar-refractivity contribution < 1.29 is 14.7 Å². The number of benzene rings is 2. The van der Waals surface area contributed by atoms with Gasteiger partial charge >= 0.3 is 0 Å². The Hall–Kier alpha value is -3.06. The van der Waals surface area contributed by atoms with Crippen LogP contribution in [0.5, 0.6) is 0 Å². The van der Waals surface area contributed by atoms with Crippen LogP contribution in [0.3, 0.4) is 0 Å². The minimum Gasteiger partial charge on any atom is -0.393 e. The van der Waals surface area contributed by atoms with Gasteiger partial charge in [0.15, 0.2) is 0 Å². The van der Waals surface area contributed by atoms with Gasteiger partial charge in [-0.25, -0.2) is 0 Å². The molecule has 2 amide bonds. The molecule has 174 valence electrons. The highest BCUT2D eigenvalue weighted by molar-refractivity contribution is 6.01. The number of hydrogen-bond acceptors (Lipinski definition) is 5. The predicted molar refractivity (Wildman–Crippen MR) is 129 cm³/mol. The number of unbranched alkanes of at least 4 members (excludes halogenated alkanes) is 5. The number of carbonyl (C=O) groups excluding carboxylic acids is 2. The average molecular weight is 441 g/mol. The molecule has 0 spiro atoms. The van der Waals surface area contributed by atoms with Crippen LogP contribution in [0.25, 0.3) is 0 Å². The first-order valence-electron chi connectivity index (χ1n) is 11.5. The van der Waals surface area contributed by atoms with E-state index in [1.807, 2.05) is 36.4 Å². The lowest BCUT2D eigenvalue weighted by atomic mass is 9.96. The molecule has 0 bridgehead atoms. The molecule has 0 saturated carbocycles. The van der Waals surface area contributed by atoms with Gasteiger partial charge in [0.25, 0.3) is 11.8 Å². The number of para-hydroxylation sites is 2. The SMILES string of the molecule is CCCCCCCCC(O)CC(C(=O)NNc1ccccc1)C(=O)NNc1ccccc1. The van der Waals surface area contributed by atoms with Crippen LogP contribution >= 0.6 is 0 Å². The van der Waals surface area contributed by atoms with Crippen LogP contribution < -0.4 is 21.7 Å². The molecule has 32 heavy (non-hydrogen) atoms. The zero-order chi connectivity index (χ0) is 23.0. The molecule has 5 N–H and O–H groups in total. The van der Waals surface area contributed by atoms with Crippen LogP contribution in [0.1, 0.15) is 58.3 Å². The molecule has 0 saturated heterocycles. The molecule has 2 aromatic carbocycles. The molecule has 1 unspecified atom stereocenters. The van der Waals surface area contributed by atoms with E-state index >= 15 is 0 Å². The summed E-state index contributed by atoms with van der Waals surface area (Å²) >= 11 is 0. The molecule has 7 heteroatoms. The molecular weight excluding hydrogens is 404 g/mol.